The summed E-state index contributed by atoms with van der Waals surface area (Å²) >= 11 is 1.76. The van der Waals surface area contributed by atoms with E-state index in [1.807, 2.05) is 7.05 Å². The van der Waals surface area contributed by atoms with Gasteiger partial charge in [-0.1, -0.05) is 25.5 Å². The van der Waals surface area contributed by atoms with Gasteiger partial charge in [-0.15, -0.1) is 11.8 Å². The lowest BCUT2D eigenvalue weighted by molar-refractivity contribution is 0.403. The molecule has 0 aliphatic rings. The molecule has 0 saturated heterocycles. The summed E-state index contributed by atoms with van der Waals surface area (Å²) in [5.41, 5.74) is 7.52. The molecule has 1 aromatic rings. The molecule has 0 aromatic heterocycles. The van der Waals surface area contributed by atoms with Crippen LogP contribution in [-0.2, 0) is 0 Å². The Balaban J connectivity index is 2.73. The maximum atomic E-state index is 6.28. The van der Waals surface area contributed by atoms with Crippen molar-refractivity contribution in [2.24, 2.45) is 11.7 Å². The fourth-order valence-electron chi connectivity index (χ4n) is 1.89. The van der Waals surface area contributed by atoms with Crippen molar-refractivity contribution < 1.29 is 0 Å². The van der Waals surface area contributed by atoms with Gasteiger partial charge >= 0.3 is 0 Å². The van der Waals surface area contributed by atoms with E-state index in [1.165, 1.54) is 10.5 Å². The normalized spacial score (nSPS) is 14.8. The molecule has 16 heavy (non-hydrogen) atoms. The molecule has 1 aromatic carbocycles. The molecule has 2 atom stereocenters. The highest BCUT2D eigenvalue weighted by Gasteiger charge is 2.16. The molecule has 1 rings (SSSR count). The van der Waals surface area contributed by atoms with Gasteiger partial charge in [0.2, 0.25) is 0 Å². The summed E-state index contributed by atoms with van der Waals surface area (Å²) in [4.78, 5) is 1.29. The van der Waals surface area contributed by atoms with E-state index < -0.39 is 0 Å². The Morgan fingerprint density at radius 1 is 1.31 bits per heavy atom. The molecule has 0 saturated carbocycles. The minimum atomic E-state index is 0.133. The van der Waals surface area contributed by atoms with Crippen molar-refractivity contribution in [1.82, 2.24) is 5.32 Å². The first-order chi connectivity index (χ1) is 7.72. The van der Waals surface area contributed by atoms with E-state index in [0.29, 0.717) is 5.92 Å². The lowest BCUT2D eigenvalue weighted by atomic mass is 9.91. The third-order valence-corrected chi connectivity index (χ3v) is 3.74. The SMILES string of the molecule is CCC(CNC)C(N)c1ccc(SC)cc1. The molecule has 90 valence electrons. The first-order valence-corrected chi connectivity index (χ1v) is 6.99. The second kappa shape index (κ2) is 6.94. The molecule has 0 aliphatic heterocycles. The van der Waals surface area contributed by atoms with Crippen LogP contribution in [0.25, 0.3) is 0 Å². The van der Waals surface area contributed by atoms with Gasteiger partial charge in [-0.2, -0.15) is 0 Å². The summed E-state index contributed by atoms with van der Waals surface area (Å²) < 4.78 is 0. The maximum Gasteiger partial charge on any atom is 0.0335 e. The average molecular weight is 238 g/mol. The molecular weight excluding hydrogens is 216 g/mol. The third-order valence-electron chi connectivity index (χ3n) is 3.00. The Kier molecular flexibility index (Phi) is 5.88. The van der Waals surface area contributed by atoms with E-state index in [1.54, 1.807) is 11.8 Å². The highest BCUT2D eigenvalue weighted by atomic mass is 32.2. The second-order valence-electron chi connectivity index (χ2n) is 4.02. The van der Waals surface area contributed by atoms with E-state index in [9.17, 15) is 0 Å². The van der Waals surface area contributed by atoms with E-state index in [2.05, 4.69) is 42.8 Å². The highest BCUT2D eigenvalue weighted by Crippen LogP contribution is 2.24. The number of hydrogen-bond acceptors (Lipinski definition) is 3. The van der Waals surface area contributed by atoms with Gasteiger partial charge < -0.3 is 11.1 Å². The molecule has 2 unspecified atom stereocenters. The zero-order valence-electron chi connectivity index (χ0n) is 10.4. The minimum absolute atomic E-state index is 0.133. The molecule has 3 heteroatoms. The summed E-state index contributed by atoms with van der Waals surface area (Å²) in [5, 5.41) is 3.21. The summed E-state index contributed by atoms with van der Waals surface area (Å²) in [6.07, 6.45) is 3.19. The Hall–Kier alpha value is -0.510. The monoisotopic (exact) mass is 238 g/mol. The van der Waals surface area contributed by atoms with Crippen LogP contribution in [0.4, 0.5) is 0 Å². The first-order valence-electron chi connectivity index (χ1n) is 5.77. The number of thioether (sulfide) groups is 1. The zero-order valence-corrected chi connectivity index (χ0v) is 11.2. The van der Waals surface area contributed by atoms with Gasteiger partial charge in [0.15, 0.2) is 0 Å². The number of nitrogens with one attached hydrogen (secondary N) is 1. The molecule has 3 N–H and O–H groups in total. The van der Waals surface area contributed by atoms with Gasteiger partial charge in [0.05, 0.1) is 0 Å². The summed E-state index contributed by atoms with van der Waals surface area (Å²) in [6.45, 7) is 3.17. The number of hydrogen-bond donors (Lipinski definition) is 2. The summed E-state index contributed by atoms with van der Waals surface area (Å²) in [7, 11) is 1.98. The quantitative estimate of drug-likeness (QED) is 0.748. The topological polar surface area (TPSA) is 38.0 Å². The highest BCUT2D eigenvalue weighted by molar-refractivity contribution is 7.98. The summed E-state index contributed by atoms with van der Waals surface area (Å²) in [6, 6.07) is 8.72. The summed E-state index contributed by atoms with van der Waals surface area (Å²) in [5.74, 6) is 0.505. The molecular formula is C13H22N2S. The van der Waals surface area contributed by atoms with Crippen molar-refractivity contribution in [1.29, 1.82) is 0 Å². The van der Waals surface area contributed by atoms with Gasteiger partial charge in [-0.05, 0) is 43.5 Å². The lowest BCUT2D eigenvalue weighted by Gasteiger charge is -2.22. The van der Waals surface area contributed by atoms with Gasteiger partial charge in [0, 0.05) is 10.9 Å². The van der Waals surface area contributed by atoms with Gasteiger partial charge in [0.1, 0.15) is 0 Å². The van der Waals surface area contributed by atoms with Crippen LogP contribution in [0.1, 0.15) is 24.9 Å². The van der Waals surface area contributed by atoms with E-state index >= 15 is 0 Å². The van der Waals surface area contributed by atoms with Gasteiger partial charge in [-0.3, -0.25) is 0 Å². The van der Waals surface area contributed by atoms with Crippen LogP contribution in [0.5, 0.6) is 0 Å². The van der Waals surface area contributed by atoms with Crippen molar-refractivity contribution in [3.8, 4) is 0 Å². The van der Waals surface area contributed by atoms with Crippen molar-refractivity contribution in [2.75, 3.05) is 19.8 Å². The Labute approximate surface area is 103 Å². The van der Waals surface area contributed by atoms with Crippen LogP contribution >= 0.6 is 11.8 Å². The lowest BCUT2D eigenvalue weighted by Crippen LogP contribution is -2.29. The zero-order chi connectivity index (χ0) is 12.0. The second-order valence-corrected chi connectivity index (χ2v) is 4.90. The fraction of sp³-hybridized carbons (Fsp3) is 0.538. The molecule has 0 bridgehead atoms. The van der Waals surface area contributed by atoms with Crippen LogP contribution in [0, 0.1) is 5.92 Å². The smallest absolute Gasteiger partial charge is 0.0335 e. The molecule has 0 fully saturated rings. The Morgan fingerprint density at radius 3 is 2.38 bits per heavy atom. The largest absolute Gasteiger partial charge is 0.324 e. The van der Waals surface area contributed by atoms with E-state index in [0.717, 1.165) is 13.0 Å². The van der Waals surface area contributed by atoms with Crippen molar-refractivity contribution in [3.63, 3.8) is 0 Å². The van der Waals surface area contributed by atoms with Crippen LogP contribution in [0.15, 0.2) is 29.2 Å². The Bertz CT molecular complexity index is 297. The van der Waals surface area contributed by atoms with Gasteiger partial charge in [-0.25, -0.2) is 0 Å². The molecule has 2 nitrogen and oxygen atoms in total. The molecule has 0 heterocycles. The van der Waals surface area contributed by atoms with E-state index in [4.69, 9.17) is 5.73 Å². The molecule has 0 spiro atoms. The third kappa shape index (κ3) is 3.51. The van der Waals surface area contributed by atoms with Crippen LogP contribution < -0.4 is 11.1 Å². The number of rotatable bonds is 6. The van der Waals surface area contributed by atoms with Crippen molar-refractivity contribution in [2.45, 2.75) is 24.3 Å². The standard InChI is InChI=1S/C13H22N2S/c1-4-10(9-15-2)13(14)11-5-7-12(16-3)8-6-11/h5-8,10,13,15H,4,9,14H2,1-3H3. The predicted octanol–water partition coefficient (Wildman–Crippen LogP) is 2.65. The minimum Gasteiger partial charge on any atom is -0.324 e. The predicted molar refractivity (Wildman–Crippen MR) is 72.9 cm³/mol. The van der Waals surface area contributed by atoms with Crippen LogP contribution in [-0.4, -0.2) is 19.8 Å². The molecule has 0 aliphatic carbocycles. The maximum absolute atomic E-state index is 6.28. The van der Waals surface area contributed by atoms with Crippen molar-refractivity contribution >= 4 is 11.8 Å². The molecule has 0 radical (unpaired) electrons. The van der Waals surface area contributed by atoms with Gasteiger partial charge in [0.25, 0.3) is 0 Å². The number of nitrogens with two attached hydrogens (primary N) is 1. The Morgan fingerprint density at radius 2 is 1.94 bits per heavy atom. The average Bonchev–Trinajstić information content (AvgIpc) is 2.35. The van der Waals surface area contributed by atoms with Crippen LogP contribution in [0.3, 0.4) is 0 Å². The van der Waals surface area contributed by atoms with Crippen molar-refractivity contribution in [3.05, 3.63) is 29.8 Å². The first kappa shape index (κ1) is 13.6. The van der Waals surface area contributed by atoms with Crippen LogP contribution in [0.2, 0.25) is 0 Å². The fourth-order valence-corrected chi connectivity index (χ4v) is 2.29. The van der Waals surface area contributed by atoms with E-state index in [-0.39, 0.29) is 6.04 Å². The number of benzene rings is 1. The molecule has 0 amide bonds.